The first kappa shape index (κ1) is 34.7. The van der Waals surface area contributed by atoms with Crippen LogP contribution in [0.2, 0.25) is 0 Å². The zero-order valence-electron chi connectivity index (χ0n) is 27.3. The maximum Gasteiger partial charge on any atom is 0.253 e. The topological polar surface area (TPSA) is 109 Å². The molecule has 4 saturated heterocycles. The number of benzene rings is 1. The number of nitrogens with zero attached hydrogens (tertiary/aromatic N) is 1. The summed E-state index contributed by atoms with van der Waals surface area (Å²) in [5.41, 5.74) is 0.686. The molecule has 0 saturated carbocycles. The second kappa shape index (κ2) is 13.6. The van der Waals surface area contributed by atoms with E-state index in [2.05, 4.69) is 21.7 Å². The van der Waals surface area contributed by atoms with Crippen LogP contribution in [-0.4, -0.2) is 92.9 Å². The van der Waals surface area contributed by atoms with Gasteiger partial charge in [-0.15, -0.1) is 0 Å². The molecule has 2 spiro atoms. The molecule has 4 aliphatic heterocycles. The summed E-state index contributed by atoms with van der Waals surface area (Å²) in [6, 6.07) is 9.52. The number of hydrogen-bond donors (Lipinski definition) is 3. The Morgan fingerprint density at radius 3 is 2.07 bits per heavy atom. The van der Waals surface area contributed by atoms with Gasteiger partial charge in [-0.3, -0.25) is 4.79 Å². The van der Waals surface area contributed by atoms with Gasteiger partial charge in [-0.1, -0.05) is 18.2 Å². The lowest BCUT2D eigenvalue weighted by Crippen LogP contribution is -2.60. The van der Waals surface area contributed by atoms with Gasteiger partial charge in [0, 0.05) is 29.5 Å². The predicted octanol–water partition coefficient (Wildman–Crippen LogP) is 3.56. The first-order chi connectivity index (χ1) is 20.1. The van der Waals surface area contributed by atoms with Gasteiger partial charge in [0.2, 0.25) is 0 Å². The third kappa shape index (κ3) is 7.96. The van der Waals surface area contributed by atoms with Crippen molar-refractivity contribution in [1.82, 2.24) is 19.7 Å². The van der Waals surface area contributed by atoms with Gasteiger partial charge < -0.3 is 19.7 Å². The van der Waals surface area contributed by atoms with Crippen LogP contribution in [0.4, 0.5) is 0 Å². The minimum atomic E-state index is -1.11. The highest BCUT2D eigenvalue weighted by Gasteiger charge is 2.54. The number of likely N-dealkylation sites (tertiary alicyclic amines) is 1. The standard InChI is InChI=1S/C19H28N2O3S.C13H26N2O2S/c1-18(2,3)25(23)20-16-13-24-14-19(16)9-11-21(12-10-19)17(22)15-7-5-4-6-8-15;1-11(2,3)18(16)15-12(4)9-17-10-13(12)5-7-14-8-6-13/h4-8,16,20H,9-14H2,1-3H3;14-15H,5-10H2,1-4H3/t16?,25-;12?,18-/m11/s1. The van der Waals surface area contributed by atoms with E-state index in [0.717, 1.165) is 64.0 Å². The highest BCUT2D eigenvalue weighted by Crippen LogP contribution is 2.45. The summed E-state index contributed by atoms with van der Waals surface area (Å²) in [5, 5.41) is 3.40. The van der Waals surface area contributed by atoms with Crippen molar-refractivity contribution < 1.29 is 22.7 Å². The Hall–Kier alpha value is -1.21. The molecule has 244 valence electrons. The number of rotatable bonds is 5. The fourth-order valence-electron chi connectivity index (χ4n) is 6.39. The van der Waals surface area contributed by atoms with Crippen LogP contribution in [0, 0.1) is 10.8 Å². The summed E-state index contributed by atoms with van der Waals surface area (Å²) in [6.45, 7) is 20.3. The minimum Gasteiger partial charge on any atom is -0.379 e. The molecule has 4 fully saturated rings. The molecule has 2 unspecified atom stereocenters. The van der Waals surface area contributed by atoms with Crippen molar-refractivity contribution in [1.29, 1.82) is 0 Å². The molecule has 4 atom stereocenters. The van der Waals surface area contributed by atoms with E-state index in [-0.39, 0.29) is 37.8 Å². The van der Waals surface area contributed by atoms with Crippen LogP contribution in [-0.2, 0) is 31.4 Å². The molecule has 5 rings (SSSR count). The molecule has 4 aliphatic rings. The fraction of sp³-hybridized carbons (Fsp3) is 0.781. The molecule has 43 heavy (non-hydrogen) atoms. The van der Waals surface area contributed by atoms with Crippen molar-refractivity contribution in [3.8, 4) is 0 Å². The average molecular weight is 639 g/mol. The smallest absolute Gasteiger partial charge is 0.253 e. The van der Waals surface area contributed by atoms with Gasteiger partial charge in [0.15, 0.2) is 0 Å². The van der Waals surface area contributed by atoms with E-state index in [1.165, 1.54) is 0 Å². The Bertz CT molecular complexity index is 1140. The summed E-state index contributed by atoms with van der Waals surface area (Å²) in [7, 11) is -2.16. The monoisotopic (exact) mass is 638 g/mol. The Kier molecular flexibility index (Phi) is 11.0. The van der Waals surface area contributed by atoms with Crippen molar-refractivity contribution in [3.05, 3.63) is 35.9 Å². The maximum atomic E-state index is 12.6. The number of ether oxygens (including phenoxy) is 2. The van der Waals surface area contributed by atoms with Crippen LogP contribution in [0.15, 0.2) is 30.3 Å². The summed E-state index contributed by atoms with van der Waals surface area (Å²) < 4.78 is 42.5. The Balaban J connectivity index is 0.000000208. The maximum absolute atomic E-state index is 12.6. The average Bonchev–Trinajstić information content (AvgIpc) is 3.48. The lowest BCUT2D eigenvalue weighted by molar-refractivity contribution is 0.0503. The highest BCUT2D eigenvalue weighted by atomic mass is 32.2. The number of carbonyl (C=O) groups is 1. The molecule has 0 bridgehead atoms. The molecule has 0 aliphatic carbocycles. The molecule has 11 heteroatoms. The summed E-state index contributed by atoms with van der Waals surface area (Å²) in [6.07, 6.45) is 3.95. The molecule has 3 N–H and O–H groups in total. The van der Waals surface area contributed by atoms with Gasteiger partial charge in [-0.2, -0.15) is 0 Å². The van der Waals surface area contributed by atoms with Crippen LogP contribution >= 0.6 is 0 Å². The van der Waals surface area contributed by atoms with E-state index in [0.29, 0.717) is 19.8 Å². The molecule has 4 heterocycles. The SMILES string of the molecule is CC(C)(C)[S@@](=O)NC1(C)COCC12CCNCC2.CC(C)(C)[S@@](=O)NC1COCC12CCN(C(=O)c1ccccc1)CC2. The zero-order chi connectivity index (χ0) is 31.5. The van der Waals surface area contributed by atoms with Crippen molar-refractivity contribution in [2.75, 3.05) is 52.6 Å². The Morgan fingerprint density at radius 2 is 1.49 bits per heavy atom. The second-order valence-electron chi connectivity index (χ2n) is 14.9. The number of amides is 1. The van der Waals surface area contributed by atoms with E-state index >= 15 is 0 Å². The summed E-state index contributed by atoms with van der Waals surface area (Å²) in [5.74, 6) is 0.0946. The molecule has 1 aromatic rings. The van der Waals surface area contributed by atoms with E-state index < -0.39 is 22.0 Å². The van der Waals surface area contributed by atoms with Crippen molar-refractivity contribution in [3.63, 3.8) is 0 Å². The molecule has 1 aromatic carbocycles. The lowest BCUT2D eigenvalue weighted by Gasteiger charge is -2.45. The Labute approximate surface area is 264 Å². The molecule has 0 aromatic heterocycles. The molecule has 9 nitrogen and oxygen atoms in total. The summed E-state index contributed by atoms with van der Waals surface area (Å²) >= 11 is 0. The Morgan fingerprint density at radius 1 is 0.884 bits per heavy atom. The number of nitrogens with one attached hydrogen (secondary N) is 3. The summed E-state index contributed by atoms with van der Waals surface area (Å²) in [4.78, 5) is 14.6. The van der Waals surface area contributed by atoms with Gasteiger partial charge in [-0.25, -0.2) is 17.9 Å². The van der Waals surface area contributed by atoms with Crippen LogP contribution in [0.3, 0.4) is 0 Å². The van der Waals surface area contributed by atoms with Gasteiger partial charge in [0.1, 0.15) is 0 Å². The van der Waals surface area contributed by atoms with Crippen molar-refractivity contribution in [2.24, 2.45) is 10.8 Å². The van der Waals surface area contributed by atoms with Gasteiger partial charge >= 0.3 is 0 Å². The highest BCUT2D eigenvalue weighted by molar-refractivity contribution is 7.84. The van der Waals surface area contributed by atoms with Crippen LogP contribution in [0.1, 0.15) is 84.5 Å². The van der Waals surface area contributed by atoms with Crippen molar-refractivity contribution >= 4 is 27.9 Å². The van der Waals surface area contributed by atoms with Crippen LogP contribution in [0.5, 0.6) is 0 Å². The van der Waals surface area contributed by atoms with Crippen molar-refractivity contribution in [2.45, 2.75) is 95.2 Å². The molecule has 1 amide bonds. The van der Waals surface area contributed by atoms with E-state index in [1.807, 2.05) is 76.8 Å². The van der Waals surface area contributed by atoms with Crippen LogP contribution in [0.25, 0.3) is 0 Å². The number of piperidine rings is 2. The second-order valence-corrected chi connectivity index (χ2v) is 18.9. The zero-order valence-corrected chi connectivity index (χ0v) is 28.9. The minimum absolute atomic E-state index is 0.0195. The van der Waals surface area contributed by atoms with Crippen LogP contribution < -0.4 is 14.8 Å². The third-order valence-electron chi connectivity index (χ3n) is 9.66. The van der Waals surface area contributed by atoms with Gasteiger partial charge in [-0.05, 0) is 99.4 Å². The van der Waals surface area contributed by atoms with E-state index in [9.17, 15) is 13.2 Å². The lowest BCUT2D eigenvalue weighted by atomic mass is 9.67. The predicted molar refractivity (Wildman–Crippen MR) is 174 cm³/mol. The molecular formula is C32H54N4O5S2. The first-order valence-electron chi connectivity index (χ1n) is 15.7. The first-order valence-corrected chi connectivity index (χ1v) is 18.0. The number of hydrogen-bond acceptors (Lipinski definition) is 6. The number of carbonyl (C=O) groups excluding carboxylic acids is 1. The third-order valence-corrected chi connectivity index (χ3v) is 13.0. The van der Waals surface area contributed by atoms with E-state index in [1.54, 1.807) is 0 Å². The van der Waals surface area contributed by atoms with E-state index in [4.69, 9.17) is 9.47 Å². The quantitative estimate of drug-likeness (QED) is 0.455. The normalized spacial score (nSPS) is 28.3. The molecule has 0 radical (unpaired) electrons. The fourth-order valence-corrected chi connectivity index (χ4v) is 8.31. The molecular weight excluding hydrogens is 585 g/mol. The van der Waals surface area contributed by atoms with Gasteiger partial charge in [0.05, 0.1) is 69.5 Å². The van der Waals surface area contributed by atoms with Gasteiger partial charge in [0.25, 0.3) is 5.91 Å². The largest absolute Gasteiger partial charge is 0.379 e.